The van der Waals surface area contributed by atoms with Gasteiger partial charge in [0.2, 0.25) is 0 Å². The Bertz CT molecular complexity index is 450. The first-order chi connectivity index (χ1) is 8.58. The first-order valence-electron chi connectivity index (χ1n) is 5.84. The van der Waals surface area contributed by atoms with Crippen LogP contribution in [-0.2, 0) is 0 Å². The first kappa shape index (κ1) is 12.6. The molecule has 0 radical (unpaired) electrons. The van der Waals surface area contributed by atoms with Crippen molar-refractivity contribution in [3.63, 3.8) is 0 Å². The third kappa shape index (κ3) is 2.89. The number of benzene rings is 1. The van der Waals surface area contributed by atoms with E-state index in [-0.39, 0.29) is 17.8 Å². The number of non-ortho nitro benzene ring substituents is 1. The van der Waals surface area contributed by atoms with Crippen LogP contribution >= 0.6 is 0 Å². The molecule has 0 amide bonds. The average Bonchev–Trinajstić information content (AvgIpc) is 2.74. The maximum Gasteiger partial charge on any atom is 0.276 e. The quantitative estimate of drug-likeness (QED) is 0.652. The normalized spacial score (nSPS) is 22.8. The summed E-state index contributed by atoms with van der Waals surface area (Å²) < 4.78 is 10.7. The van der Waals surface area contributed by atoms with E-state index in [0.717, 1.165) is 19.3 Å². The average molecular weight is 252 g/mol. The van der Waals surface area contributed by atoms with Gasteiger partial charge in [0, 0.05) is 12.1 Å². The molecule has 6 heteroatoms. The Hall–Kier alpha value is -1.82. The number of nitrogens with zero attached hydrogens (tertiary/aromatic N) is 1. The fourth-order valence-corrected chi connectivity index (χ4v) is 2.12. The molecule has 2 unspecified atom stereocenters. The lowest BCUT2D eigenvalue weighted by Crippen LogP contribution is -2.19. The Labute approximate surface area is 105 Å². The molecule has 0 aromatic heterocycles. The van der Waals surface area contributed by atoms with Crippen LogP contribution < -0.4 is 15.2 Å². The summed E-state index contributed by atoms with van der Waals surface area (Å²) in [5.74, 6) is 0.877. The van der Waals surface area contributed by atoms with Crippen molar-refractivity contribution in [2.75, 3.05) is 7.11 Å². The number of ether oxygens (including phenoxy) is 2. The summed E-state index contributed by atoms with van der Waals surface area (Å²) in [6, 6.07) is 4.59. The molecule has 6 nitrogen and oxygen atoms in total. The molecule has 1 aromatic carbocycles. The summed E-state index contributed by atoms with van der Waals surface area (Å²) in [4.78, 5) is 10.3. The van der Waals surface area contributed by atoms with Crippen LogP contribution in [0.3, 0.4) is 0 Å². The van der Waals surface area contributed by atoms with Gasteiger partial charge in [-0.1, -0.05) is 0 Å². The minimum Gasteiger partial charge on any atom is -0.496 e. The largest absolute Gasteiger partial charge is 0.496 e. The molecule has 0 bridgehead atoms. The Morgan fingerprint density at radius 1 is 1.33 bits per heavy atom. The molecule has 2 atom stereocenters. The van der Waals surface area contributed by atoms with E-state index < -0.39 is 4.92 Å². The first-order valence-corrected chi connectivity index (χ1v) is 5.84. The predicted molar refractivity (Wildman–Crippen MR) is 65.9 cm³/mol. The van der Waals surface area contributed by atoms with Gasteiger partial charge in [0.25, 0.3) is 5.69 Å². The summed E-state index contributed by atoms with van der Waals surface area (Å²) in [5.41, 5.74) is 5.76. The van der Waals surface area contributed by atoms with Crippen molar-refractivity contribution in [2.45, 2.75) is 31.4 Å². The minimum absolute atomic E-state index is 0.0340. The molecule has 0 saturated heterocycles. The maximum atomic E-state index is 10.8. The summed E-state index contributed by atoms with van der Waals surface area (Å²) >= 11 is 0. The fourth-order valence-electron chi connectivity index (χ4n) is 2.12. The number of hydrogen-bond acceptors (Lipinski definition) is 5. The van der Waals surface area contributed by atoms with E-state index in [1.807, 2.05) is 0 Å². The highest BCUT2D eigenvalue weighted by molar-refractivity contribution is 5.46. The van der Waals surface area contributed by atoms with Crippen LogP contribution in [0.15, 0.2) is 18.2 Å². The van der Waals surface area contributed by atoms with Gasteiger partial charge in [0.15, 0.2) is 0 Å². The lowest BCUT2D eigenvalue weighted by atomic mass is 10.2. The van der Waals surface area contributed by atoms with E-state index in [0.29, 0.717) is 11.5 Å². The van der Waals surface area contributed by atoms with Gasteiger partial charge in [-0.15, -0.1) is 0 Å². The van der Waals surface area contributed by atoms with E-state index in [9.17, 15) is 10.1 Å². The van der Waals surface area contributed by atoms with Crippen LogP contribution in [0.1, 0.15) is 19.3 Å². The van der Waals surface area contributed by atoms with Crippen molar-refractivity contribution in [3.05, 3.63) is 28.3 Å². The molecule has 1 aromatic rings. The summed E-state index contributed by atoms with van der Waals surface area (Å²) in [6.45, 7) is 0. The lowest BCUT2D eigenvalue weighted by molar-refractivity contribution is -0.385. The summed E-state index contributed by atoms with van der Waals surface area (Å²) in [7, 11) is 1.47. The van der Waals surface area contributed by atoms with Gasteiger partial charge < -0.3 is 15.2 Å². The Balaban J connectivity index is 2.16. The monoisotopic (exact) mass is 252 g/mol. The summed E-state index contributed by atoms with van der Waals surface area (Å²) in [6.07, 6.45) is 2.63. The molecule has 1 fully saturated rings. The third-order valence-corrected chi connectivity index (χ3v) is 3.04. The van der Waals surface area contributed by atoms with Crippen molar-refractivity contribution in [1.29, 1.82) is 0 Å². The van der Waals surface area contributed by atoms with Crippen molar-refractivity contribution in [3.8, 4) is 11.5 Å². The molecule has 98 valence electrons. The molecule has 0 aliphatic heterocycles. The van der Waals surface area contributed by atoms with Crippen LogP contribution in [-0.4, -0.2) is 24.2 Å². The number of methoxy groups -OCH3 is 1. The van der Waals surface area contributed by atoms with Gasteiger partial charge in [0.1, 0.15) is 17.6 Å². The molecule has 1 aliphatic carbocycles. The highest BCUT2D eigenvalue weighted by Crippen LogP contribution is 2.30. The predicted octanol–water partition coefficient (Wildman–Crippen LogP) is 1.86. The summed E-state index contributed by atoms with van der Waals surface area (Å²) in [5, 5.41) is 10.8. The van der Waals surface area contributed by atoms with Gasteiger partial charge in [-0.25, -0.2) is 0 Å². The molecular weight excluding hydrogens is 236 g/mol. The zero-order chi connectivity index (χ0) is 13.1. The van der Waals surface area contributed by atoms with E-state index in [1.54, 1.807) is 6.07 Å². The van der Waals surface area contributed by atoms with E-state index >= 15 is 0 Å². The zero-order valence-corrected chi connectivity index (χ0v) is 10.2. The van der Waals surface area contributed by atoms with Gasteiger partial charge in [-0.2, -0.15) is 0 Å². The number of hydrogen-bond donors (Lipinski definition) is 1. The minimum atomic E-state index is -0.463. The molecule has 0 spiro atoms. The van der Waals surface area contributed by atoms with Crippen LogP contribution in [0.4, 0.5) is 5.69 Å². The second-order valence-corrected chi connectivity index (χ2v) is 4.44. The molecule has 2 rings (SSSR count). The zero-order valence-electron chi connectivity index (χ0n) is 10.2. The van der Waals surface area contributed by atoms with Crippen molar-refractivity contribution in [2.24, 2.45) is 5.73 Å². The van der Waals surface area contributed by atoms with Crippen molar-refractivity contribution >= 4 is 5.69 Å². The number of rotatable bonds is 4. The van der Waals surface area contributed by atoms with Gasteiger partial charge >= 0.3 is 0 Å². The standard InChI is InChI=1S/C12H16N2O4/c1-17-11-5-9(14(15)16)6-12(7-11)18-10-3-2-8(13)4-10/h5-8,10H,2-4,13H2,1H3. The van der Waals surface area contributed by atoms with Gasteiger partial charge in [-0.3, -0.25) is 10.1 Å². The highest BCUT2D eigenvalue weighted by Gasteiger charge is 2.24. The Morgan fingerprint density at radius 3 is 2.61 bits per heavy atom. The smallest absolute Gasteiger partial charge is 0.276 e. The second-order valence-electron chi connectivity index (χ2n) is 4.44. The van der Waals surface area contributed by atoms with Crippen LogP contribution in [0, 0.1) is 10.1 Å². The van der Waals surface area contributed by atoms with Crippen LogP contribution in [0.5, 0.6) is 11.5 Å². The SMILES string of the molecule is COc1cc(OC2CCC(N)C2)cc([N+](=O)[O-])c1. The lowest BCUT2D eigenvalue weighted by Gasteiger charge is -2.14. The van der Waals surface area contributed by atoms with Gasteiger partial charge in [0.05, 0.1) is 24.2 Å². The van der Waals surface area contributed by atoms with E-state index in [4.69, 9.17) is 15.2 Å². The fraction of sp³-hybridized carbons (Fsp3) is 0.500. The molecule has 0 heterocycles. The van der Waals surface area contributed by atoms with E-state index in [1.165, 1.54) is 19.2 Å². The third-order valence-electron chi connectivity index (χ3n) is 3.04. The molecule has 1 saturated carbocycles. The molecule has 18 heavy (non-hydrogen) atoms. The molecule has 2 N–H and O–H groups in total. The second kappa shape index (κ2) is 5.22. The Morgan fingerprint density at radius 2 is 2.06 bits per heavy atom. The molecule has 1 aliphatic rings. The Kier molecular flexibility index (Phi) is 3.66. The van der Waals surface area contributed by atoms with Crippen LogP contribution in [0.25, 0.3) is 0 Å². The molecular formula is C12H16N2O4. The van der Waals surface area contributed by atoms with E-state index in [2.05, 4.69) is 0 Å². The number of nitro groups is 1. The van der Waals surface area contributed by atoms with Gasteiger partial charge in [-0.05, 0) is 19.3 Å². The van der Waals surface area contributed by atoms with Crippen LogP contribution in [0.2, 0.25) is 0 Å². The van der Waals surface area contributed by atoms with Crippen molar-refractivity contribution in [1.82, 2.24) is 0 Å². The topological polar surface area (TPSA) is 87.6 Å². The number of nitrogens with two attached hydrogens (primary N) is 1. The highest BCUT2D eigenvalue weighted by atomic mass is 16.6. The van der Waals surface area contributed by atoms with Crippen molar-refractivity contribution < 1.29 is 14.4 Å². The maximum absolute atomic E-state index is 10.8. The number of nitro benzene ring substituents is 1.